The number of benzene rings is 2. The van der Waals surface area contributed by atoms with Gasteiger partial charge < -0.3 is 5.11 Å². The highest BCUT2D eigenvalue weighted by Gasteiger charge is 2.16. The summed E-state index contributed by atoms with van der Waals surface area (Å²) in [5.41, 5.74) is 0.850. The Morgan fingerprint density at radius 1 is 1.17 bits per heavy atom. The number of halogens is 1. The van der Waals surface area contributed by atoms with Gasteiger partial charge in [0.25, 0.3) is 0 Å². The fourth-order valence-electron chi connectivity index (χ4n) is 1.67. The van der Waals surface area contributed by atoms with E-state index in [1.807, 2.05) is 18.4 Å². The van der Waals surface area contributed by atoms with E-state index in [0.717, 1.165) is 4.90 Å². The molecule has 0 spiro atoms. The van der Waals surface area contributed by atoms with E-state index in [2.05, 4.69) is 0 Å². The number of phenolic OH excluding ortho intramolecular Hbond substituents is 1. The molecule has 18 heavy (non-hydrogen) atoms. The summed E-state index contributed by atoms with van der Waals surface area (Å²) < 4.78 is 0. The van der Waals surface area contributed by atoms with E-state index >= 15 is 0 Å². The van der Waals surface area contributed by atoms with Gasteiger partial charge in [-0.15, -0.1) is 11.8 Å². The van der Waals surface area contributed by atoms with Crippen molar-refractivity contribution in [2.75, 3.05) is 6.26 Å². The molecular weight excluding hydrogens is 268 g/mol. The van der Waals surface area contributed by atoms with Gasteiger partial charge in [-0.05, 0) is 36.6 Å². The van der Waals surface area contributed by atoms with E-state index in [0.29, 0.717) is 10.6 Å². The van der Waals surface area contributed by atoms with Gasteiger partial charge in [-0.25, -0.2) is 0 Å². The van der Waals surface area contributed by atoms with E-state index < -0.39 is 0 Å². The standard InChI is InChI=1S/C14H11ClO2S/c1-18-13-5-3-2-4-11(13)14(17)10-7-6-9(15)8-12(10)16/h2-8,16H,1H3. The molecule has 1 N–H and O–H groups in total. The quantitative estimate of drug-likeness (QED) is 0.681. The van der Waals surface area contributed by atoms with Gasteiger partial charge in [0.2, 0.25) is 0 Å². The smallest absolute Gasteiger partial charge is 0.197 e. The second-order valence-corrected chi connectivity index (χ2v) is 4.98. The fraction of sp³-hybridized carbons (Fsp3) is 0.0714. The zero-order valence-corrected chi connectivity index (χ0v) is 11.3. The van der Waals surface area contributed by atoms with Crippen molar-refractivity contribution in [2.45, 2.75) is 4.90 Å². The van der Waals surface area contributed by atoms with Crippen molar-refractivity contribution in [3.63, 3.8) is 0 Å². The number of phenols is 1. The third-order valence-corrected chi connectivity index (χ3v) is 3.59. The van der Waals surface area contributed by atoms with E-state index in [-0.39, 0.29) is 17.1 Å². The van der Waals surface area contributed by atoms with E-state index in [1.54, 1.807) is 18.2 Å². The topological polar surface area (TPSA) is 37.3 Å². The number of hydrogen-bond donors (Lipinski definition) is 1. The zero-order chi connectivity index (χ0) is 13.1. The van der Waals surface area contributed by atoms with Crippen molar-refractivity contribution < 1.29 is 9.90 Å². The van der Waals surface area contributed by atoms with Crippen LogP contribution in [0.25, 0.3) is 0 Å². The van der Waals surface area contributed by atoms with Crippen LogP contribution < -0.4 is 0 Å². The van der Waals surface area contributed by atoms with Gasteiger partial charge in [-0.3, -0.25) is 4.79 Å². The third-order valence-electron chi connectivity index (χ3n) is 2.56. The van der Waals surface area contributed by atoms with Crippen LogP contribution in [0.5, 0.6) is 5.75 Å². The second-order valence-electron chi connectivity index (χ2n) is 3.69. The van der Waals surface area contributed by atoms with Crippen molar-refractivity contribution in [3.8, 4) is 5.75 Å². The Labute approximate surface area is 115 Å². The molecule has 0 atom stereocenters. The molecule has 0 saturated heterocycles. The van der Waals surface area contributed by atoms with Gasteiger partial charge >= 0.3 is 0 Å². The number of aromatic hydroxyl groups is 1. The SMILES string of the molecule is CSc1ccccc1C(=O)c1ccc(Cl)cc1O. The van der Waals surface area contributed by atoms with Crippen LogP contribution in [0.3, 0.4) is 0 Å². The number of hydrogen-bond acceptors (Lipinski definition) is 3. The van der Waals surface area contributed by atoms with Crippen LogP contribution in [0.1, 0.15) is 15.9 Å². The highest BCUT2D eigenvalue weighted by atomic mass is 35.5. The minimum atomic E-state index is -0.200. The van der Waals surface area contributed by atoms with Gasteiger partial charge in [0, 0.05) is 15.5 Å². The molecule has 0 aliphatic carbocycles. The molecule has 0 heterocycles. The summed E-state index contributed by atoms with van der Waals surface area (Å²) in [4.78, 5) is 13.2. The zero-order valence-electron chi connectivity index (χ0n) is 9.68. The summed E-state index contributed by atoms with van der Waals surface area (Å²) in [5.74, 6) is -0.294. The predicted molar refractivity (Wildman–Crippen MR) is 74.8 cm³/mol. The lowest BCUT2D eigenvalue weighted by molar-refractivity contribution is 0.103. The number of ketones is 1. The summed E-state index contributed by atoms with van der Waals surface area (Å²) >= 11 is 7.25. The molecule has 0 aliphatic rings. The summed E-state index contributed by atoms with van der Waals surface area (Å²) in [6.07, 6.45) is 1.91. The van der Waals surface area contributed by atoms with E-state index in [9.17, 15) is 9.90 Å². The molecule has 0 aliphatic heterocycles. The molecule has 92 valence electrons. The predicted octanol–water partition coefficient (Wildman–Crippen LogP) is 4.00. The van der Waals surface area contributed by atoms with Crippen molar-refractivity contribution >= 4 is 29.1 Å². The maximum absolute atomic E-state index is 12.3. The molecular formula is C14H11ClO2S. The normalized spacial score (nSPS) is 10.3. The molecule has 2 aromatic carbocycles. The number of carbonyl (C=O) groups is 1. The minimum absolute atomic E-state index is 0.0941. The molecule has 0 amide bonds. The Balaban J connectivity index is 2.48. The Morgan fingerprint density at radius 2 is 1.89 bits per heavy atom. The third kappa shape index (κ3) is 2.52. The van der Waals surface area contributed by atoms with Crippen molar-refractivity contribution in [3.05, 3.63) is 58.6 Å². The summed E-state index contributed by atoms with van der Waals surface area (Å²) in [5, 5.41) is 10.2. The monoisotopic (exact) mass is 278 g/mol. The molecule has 0 radical (unpaired) electrons. The van der Waals surface area contributed by atoms with Crippen LogP contribution in [0.15, 0.2) is 47.4 Å². The van der Waals surface area contributed by atoms with Gasteiger partial charge in [0.15, 0.2) is 5.78 Å². The van der Waals surface area contributed by atoms with Gasteiger partial charge in [-0.1, -0.05) is 23.7 Å². The first-order valence-corrected chi connectivity index (χ1v) is 6.90. The number of thioether (sulfide) groups is 1. The van der Waals surface area contributed by atoms with Gasteiger partial charge in [0.05, 0.1) is 5.56 Å². The lowest BCUT2D eigenvalue weighted by atomic mass is 10.0. The van der Waals surface area contributed by atoms with Crippen LogP contribution in [-0.4, -0.2) is 17.1 Å². The maximum atomic E-state index is 12.3. The molecule has 0 bridgehead atoms. The largest absolute Gasteiger partial charge is 0.507 e. The molecule has 2 aromatic rings. The lowest BCUT2D eigenvalue weighted by Crippen LogP contribution is -2.03. The maximum Gasteiger partial charge on any atom is 0.197 e. The Bertz CT molecular complexity index is 596. The Morgan fingerprint density at radius 3 is 2.56 bits per heavy atom. The van der Waals surface area contributed by atoms with Crippen LogP contribution in [0.4, 0.5) is 0 Å². The van der Waals surface area contributed by atoms with Crippen molar-refractivity contribution in [1.82, 2.24) is 0 Å². The average Bonchev–Trinajstić information content (AvgIpc) is 2.38. The molecule has 0 saturated carbocycles. The van der Waals surface area contributed by atoms with Crippen LogP contribution in [-0.2, 0) is 0 Å². The van der Waals surface area contributed by atoms with Gasteiger partial charge in [0.1, 0.15) is 5.75 Å². The summed E-state index contributed by atoms with van der Waals surface area (Å²) in [6, 6.07) is 11.8. The van der Waals surface area contributed by atoms with Gasteiger partial charge in [-0.2, -0.15) is 0 Å². The number of carbonyl (C=O) groups excluding carboxylic acids is 1. The molecule has 0 fully saturated rings. The van der Waals surface area contributed by atoms with Crippen molar-refractivity contribution in [1.29, 1.82) is 0 Å². The number of rotatable bonds is 3. The first-order valence-electron chi connectivity index (χ1n) is 5.29. The second kappa shape index (κ2) is 5.46. The molecule has 4 heteroatoms. The summed E-state index contributed by atoms with van der Waals surface area (Å²) in [6.45, 7) is 0. The fourth-order valence-corrected chi connectivity index (χ4v) is 2.44. The molecule has 2 rings (SSSR count). The van der Waals surface area contributed by atoms with Crippen LogP contribution >= 0.6 is 23.4 Å². The van der Waals surface area contributed by atoms with Crippen LogP contribution in [0.2, 0.25) is 5.02 Å². The first-order chi connectivity index (χ1) is 8.63. The van der Waals surface area contributed by atoms with E-state index in [1.165, 1.54) is 23.9 Å². The van der Waals surface area contributed by atoms with E-state index in [4.69, 9.17) is 11.6 Å². The Hall–Kier alpha value is -1.45. The van der Waals surface area contributed by atoms with Crippen molar-refractivity contribution in [2.24, 2.45) is 0 Å². The Kier molecular flexibility index (Phi) is 3.94. The minimum Gasteiger partial charge on any atom is -0.507 e. The highest BCUT2D eigenvalue weighted by molar-refractivity contribution is 7.98. The first kappa shape index (κ1) is 13.0. The average molecular weight is 279 g/mol. The lowest BCUT2D eigenvalue weighted by Gasteiger charge is -2.07. The molecule has 0 aromatic heterocycles. The highest BCUT2D eigenvalue weighted by Crippen LogP contribution is 2.28. The van der Waals surface area contributed by atoms with Crippen LogP contribution in [0, 0.1) is 0 Å². The summed E-state index contributed by atoms with van der Waals surface area (Å²) in [7, 11) is 0. The molecule has 0 unspecified atom stereocenters. The molecule has 2 nitrogen and oxygen atoms in total.